The van der Waals surface area contributed by atoms with E-state index in [9.17, 15) is 9.59 Å². The lowest BCUT2D eigenvalue weighted by molar-refractivity contribution is 0.0952. The van der Waals surface area contributed by atoms with Gasteiger partial charge in [0.25, 0.3) is 11.5 Å². The first-order valence-corrected chi connectivity index (χ1v) is 9.87. The normalized spacial score (nSPS) is 11.2. The van der Waals surface area contributed by atoms with Crippen LogP contribution in [0.1, 0.15) is 23.1 Å². The molecule has 2 heterocycles. The highest BCUT2D eigenvalue weighted by molar-refractivity contribution is 7.71. The number of nitrogens with one attached hydrogen (secondary N) is 2. The molecule has 4 rings (SSSR count). The van der Waals surface area contributed by atoms with E-state index in [1.165, 1.54) is 4.57 Å². The average molecular weight is 407 g/mol. The summed E-state index contributed by atoms with van der Waals surface area (Å²) >= 11 is 5.24. The second-order valence-electron chi connectivity index (χ2n) is 6.80. The van der Waals surface area contributed by atoms with Gasteiger partial charge in [0.05, 0.1) is 21.9 Å². The summed E-state index contributed by atoms with van der Waals surface area (Å²) in [6.45, 7) is 5.40. The molecule has 0 aliphatic heterocycles. The van der Waals surface area contributed by atoms with Crippen LogP contribution < -0.4 is 10.9 Å². The van der Waals surface area contributed by atoms with Crippen molar-refractivity contribution in [1.29, 1.82) is 0 Å². The summed E-state index contributed by atoms with van der Waals surface area (Å²) < 4.78 is 3.93. The highest BCUT2D eigenvalue weighted by Gasteiger charge is 2.11. The van der Waals surface area contributed by atoms with Crippen LogP contribution in [0, 0.1) is 11.7 Å². The molecule has 0 spiro atoms. The van der Waals surface area contributed by atoms with Crippen LogP contribution >= 0.6 is 12.2 Å². The number of aryl methyl sites for hydroxylation is 1. The summed E-state index contributed by atoms with van der Waals surface area (Å²) in [7, 11) is 0. The van der Waals surface area contributed by atoms with E-state index < -0.39 is 0 Å². The Hall–Kier alpha value is -3.26. The van der Waals surface area contributed by atoms with E-state index in [1.54, 1.807) is 18.2 Å². The van der Waals surface area contributed by atoms with Crippen LogP contribution in [0.2, 0.25) is 0 Å². The molecule has 2 N–H and O–H groups in total. The molecule has 0 saturated heterocycles. The van der Waals surface area contributed by atoms with Crippen LogP contribution in [-0.4, -0.2) is 31.6 Å². The fourth-order valence-corrected chi connectivity index (χ4v) is 3.87. The molecule has 148 valence electrons. The number of H-pyrrole nitrogens is 1. The van der Waals surface area contributed by atoms with Gasteiger partial charge in [-0.25, -0.2) is 4.98 Å². The van der Waals surface area contributed by atoms with E-state index in [1.807, 2.05) is 38.1 Å². The summed E-state index contributed by atoms with van der Waals surface area (Å²) in [5.41, 5.74) is 2.88. The smallest absolute Gasteiger partial charge is 0.262 e. The number of amides is 1. The van der Waals surface area contributed by atoms with E-state index in [4.69, 9.17) is 12.2 Å². The molecule has 29 heavy (non-hydrogen) atoms. The Balaban J connectivity index is 1.52. The number of imidazole rings is 1. The number of carbonyl (C=O) groups is 1. The molecule has 2 aromatic carbocycles. The van der Waals surface area contributed by atoms with E-state index in [2.05, 4.69) is 19.9 Å². The van der Waals surface area contributed by atoms with E-state index in [-0.39, 0.29) is 11.5 Å². The fourth-order valence-electron chi connectivity index (χ4n) is 3.54. The molecule has 0 aliphatic rings. The minimum Gasteiger partial charge on any atom is -0.350 e. The molecule has 0 fully saturated rings. The highest BCUT2D eigenvalue weighted by atomic mass is 32.1. The third-order valence-electron chi connectivity index (χ3n) is 5.03. The van der Waals surface area contributed by atoms with Gasteiger partial charge in [0.1, 0.15) is 5.82 Å². The van der Waals surface area contributed by atoms with Crippen molar-refractivity contribution in [3.05, 3.63) is 69.0 Å². The van der Waals surface area contributed by atoms with Gasteiger partial charge in [-0.3, -0.25) is 14.2 Å². The van der Waals surface area contributed by atoms with Crippen LogP contribution in [0.4, 0.5) is 0 Å². The Kier molecular flexibility index (Phi) is 5.02. The lowest BCUT2D eigenvalue weighted by atomic mass is 10.1. The van der Waals surface area contributed by atoms with Crippen LogP contribution in [0.25, 0.3) is 21.9 Å². The largest absolute Gasteiger partial charge is 0.350 e. The summed E-state index contributed by atoms with van der Waals surface area (Å²) in [4.78, 5) is 32.6. The zero-order chi connectivity index (χ0) is 20.5. The second kappa shape index (κ2) is 7.63. The van der Waals surface area contributed by atoms with Gasteiger partial charge >= 0.3 is 0 Å². The van der Waals surface area contributed by atoms with Crippen molar-refractivity contribution in [2.75, 3.05) is 6.54 Å². The topological polar surface area (TPSA) is 84.7 Å². The number of aromatic amines is 1. The molecular formula is C21H21N5O2S. The molecule has 0 atom stereocenters. The predicted octanol–water partition coefficient (Wildman–Crippen LogP) is 3.17. The Morgan fingerprint density at radius 1 is 1.21 bits per heavy atom. The minimum absolute atomic E-state index is 0.152. The molecule has 7 nitrogen and oxygen atoms in total. The van der Waals surface area contributed by atoms with Gasteiger partial charge in [-0.2, -0.15) is 0 Å². The third-order valence-corrected chi connectivity index (χ3v) is 5.35. The number of hydrogen-bond acceptors (Lipinski definition) is 4. The number of rotatable bonds is 5. The lowest BCUT2D eigenvalue weighted by Crippen LogP contribution is -2.27. The molecule has 4 aromatic rings. The molecule has 0 bridgehead atoms. The van der Waals surface area contributed by atoms with Gasteiger partial charge in [-0.1, -0.05) is 12.1 Å². The number of fused-ring (bicyclic) bond motifs is 2. The van der Waals surface area contributed by atoms with Crippen molar-refractivity contribution in [3.63, 3.8) is 0 Å². The van der Waals surface area contributed by atoms with Gasteiger partial charge < -0.3 is 14.9 Å². The maximum Gasteiger partial charge on any atom is 0.262 e. The number of nitrogens with zero attached hydrogens (tertiary/aromatic N) is 3. The van der Waals surface area contributed by atoms with Crippen molar-refractivity contribution in [3.8, 4) is 0 Å². The zero-order valence-electron chi connectivity index (χ0n) is 16.2. The summed E-state index contributed by atoms with van der Waals surface area (Å²) in [6.07, 6.45) is 0. The Morgan fingerprint density at radius 3 is 2.79 bits per heavy atom. The maximum absolute atomic E-state index is 12.6. The van der Waals surface area contributed by atoms with Crippen molar-refractivity contribution in [1.82, 2.24) is 24.4 Å². The average Bonchev–Trinajstić information content (AvgIpc) is 3.03. The molecule has 0 saturated carbocycles. The quantitative estimate of drug-likeness (QED) is 0.498. The summed E-state index contributed by atoms with van der Waals surface area (Å²) in [5, 5.41) is 3.45. The van der Waals surface area contributed by atoms with Gasteiger partial charge in [-0.15, -0.1) is 0 Å². The highest BCUT2D eigenvalue weighted by Crippen LogP contribution is 2.15. The molecule has 2 aromatic heterocycles. The van der Waals surface area contributed by atoms with Crippen molar-refractivity contribution in [2.45, 2.75) is 26.9 Å². The van der Waals surface area contributed by atoms with Gasteiger partial charge in [0.15, 0.2) is 4.77 Å². The Bertz CT molecular complexity index is 1350. The van der Waals surface area contributed by atoms with Gasteiger partial charge in [0.2, 0.25) is 0 Å². The summed E-state index contributed by atoms with van der Waals surface area (Å²) in [6, 6.07) is 12.9. The second-order valence-corrected chi connectivity index (χ2v) is 7.18. The number of para-hydroxylation sites is 2. The number of carbonyl (C=O) groups excluding carboxylic acids is 1. The van der Waals surface area contributed by atoms with Crippen LogP contribution in [-0.2, 0) is 13.1 Å². The van der Waals surface area contributed by atoms with E-state index in [0.717, 1.165) is 16.9 Å². The molecular weight excluding hydrogens is 386 g/mol. The van der Waals surface area contributed by atoms with E-state index >= 15 is 0 Å². The minimum atomic E-state index is -0.201. The van der Waals surface area contributed by atoms with Crippen molar-refractivity contribution in [2.24, 2.45) is 0 Å². The molecule has 1 amide bonds. The van der Waals surface area contributed by atoms with Crippen LogP contribution in [0.15, 0.2) is 47.3 Å². The van der Waals surface area contributed by atoms with Gasteiger partial charge in [0, 0.05) is 25.2 Å². The molecule has 0 unspecified atom stereocenters. The number of hydrogen-bond donors (Lipinski definition) is 2. The monoisotopic (exact) mass is 407 g/mol. The summed E-state index contributed by atoms with van der Waals surface area (Å²) in [5.74, 6) is 0.707. The fraction of sp³-hybridized carbons (Fsp3) is 0.238. The molecule has 0 aliphatic carbocycles. The van der Waals surface area contributed by atoms with Crippen LogP contribution in [0.5, 0.6) is 0 Å². The zero-order valence-corrected chi connectivity index (χ0v) is 17.0. The van der Waals surface area contributed by atoms with Crippen molar-refractivity contribution >= 4 is 40.1 Å². The molecule has 8 heteroatoms. The first-order valence-electron chi connectivity index (χ1n) is 9.46. The first kappa shape index (κ1) is 19.1. The first-order chi connectivity index (χ1) is 14.0. The Morgan fingerprint density at radius 2 is 2.00 bits per heavy atom. The third kappa shape index (κ3) is 3.47. The predicted molar refractivity (Wildman–Crippen MR) is 116 cm³/mol. The Labute approximate surface area is 172 Å². The SMILES string of the molecule is CCn1c(=S)[nH]c2cc(C(=O)NCCn3c(C)nc4ccccc43)ccc2c1=O. The van der Waals surface area contributed by atoms with Gasteiger partial charge in [-0.05, 0) is 56.4 Å². The van der Waals surface area contributed by atoms with E-state index in [0.29, 0.717) is 40.9 Å². The standard InChI is InChI=1S/C21H21N5O2S/c1-3-25-20(28)15-9-8-14(12-17(15)24-21(25)29)19(27)22-10-11-26-13(2)23-16-6-4-5-7-18(16)26/h4-9,12H,3,10-11H2,1-2H3,(H,22,27)(H,24,29). The molecule has 0 radical (unpaired) electrons. The van der Waals surface area contributed by atoms with Crippen molar-refractivity contribution < 1.29 is 4.79 Å². The number of aromatic nitrogens is 4. The number of benzene rings is 2. The maximum atomic E-state index is 12.6. The van der Waals surface area contributed by atoms with Crippen LogP contribution in [0.3, 0.4) is 0 Å². The lowest BCUT2D eigenvalue weighted by Gasteiger charge is -2.10.